The fraction of sp³-hybridized carbons (Fsp3) is 0.714. The summed E-state index contributed by atoms with van der Waals surface area (Å²) in [6, 6.07) is 0. The van der Waals surface area contributed by atoms with Crippen molar-refractivity contribution in [2.45, 2.75) is 13.8 Å². The van der Waals surface area contributed by atoms with Gasteiger partial charge in [-0.3, -0.25) is 9.59 Å². The highest BCUT2D eigenvalue weighted by Gasteiger charge is 2.12. The Labute approximate surface area is 75.7 Å². The van der Waals surface area contributed by atoms with E-state index in [1.54, 1.807) is 6.92 Å². The van der Waals surface area contributed by atoms with Crippen LogP contribution in [-0.2, 0) is 4.79 Å². The van der Waals surface area contributed by atoms with Crippen LogP contribution in [0.2, 0.25) is 0 Å². The molecule has 0 rings (SSSR count). The maximum atomic E-state index is 10.8. The Morgan fingerprint density at radius 1 is 1.58 bits per heavy atom. The van der Waals surface area contributed by atoms with Crippen molar-refractivity contribution < 1.29 is 14.7 Å². The number of carbonyl (C=O) groups excluding carboxylic acids is 1. The Kier molecular flexibility index (Phi) is 5.53. The van der Waals surface area contributed by atoms with E-state index < -0.39 is 11.9 Å². The predicted molar refractivity (Wildman–Crippen MR) is 48.3 cm³/mol. The van der Waals surface area contributed by atoms with Crippen LogP contribution in [0.25, 0.3) is 0 Å². The Bertz CT molecular complexity index is 172. The number of hydrogen-bond donors (Lipinski definition) is 2. The minimum atomic E-state index is -0.869. The van der Waals surface area contributed by atoms with Crippen LogP contribution in [0.5, 0.6) is 0 Å². The summed E-state index contributed by atoms with van der Waals surface area (Å²) in [5, 5.41) is 10.9. The molecule has 0 aromatic heterocycles. The molecule has 0 aliphatic carbocycles. The van der Waals surface area contributed by atoms with E-state index in [1.807, 2.05) is 6.92 Å². The average molecular weight is 191 g/mol. The number of hydrogen-bond acceptors (Lipinski definition) is 3. The highest BCUT2D eigenvalue weighted by Crippen LogP contribution is 2.08. The molecule has 0 aliphatic rings. The monoisotopic (exact) mass is 191 g/mol. The number of carbonyl (C=O) groups is 2. The van der Waals surface area contributed by atoms with Gasteiger partial charge >= 0.3 is 5.97 Å². The molecule has 1 atom stereocenters. The molecule has 0 bridgehead atoms. The molecule has 0 aromatic carbocycles. The van der Waals surface area contributed by atoms with E-state index in [1.165, 1.54) is 0 Å². The molecule has 70 valence electrons. The van der Waals surface area contributed by atoms with Gasteiger partial charge in [0.05, 0.1) is 5.92 Å². The van der Waals surface area contributed by atoms with E-state index in [2.05, 4.69) is 5.32 Å². The van der Waals surface area contributed by atoms with E-state index in [9.17, 15) is 9.59 Å². The fourth-order valence-electron chi connectivity index (χ4n) is 0.467. The molecular formula is C7H13NO3S. The number of carboxylic acid groups (broad SMARTS) is 1. The Hall–Kier alpha value is -0.710. The molecule has 0 spiro atoms. The molecule has 4 nitrogen and oxygen atoms in total. The van der Waals surface area contributed by atoms with Crippen LogP contribution in [-0.4, -0.2) is 28.6 Å². The normalized spacial score (nSPS) is 12.2. The van der Waals surface area contributed by atoms with Gasteiger partial charge in [-0.25, -0.2) is 0 Å². The number of aliphatic carboxylic acids is 1. The van der Waals surface area contributed by atoms with Gasteiger partial charge in [0.2, 0.25) is 0 Å². The Morgan fingerprint density at radius 2 is 2.17 bits per heavy atom. The van der Waals surface area contributed by atoms with Crippen molar-refractivity contribution in [2.24, 2.45) is 5.92 Å². The van der Waals surface area contributed by atoms with E-state index in [-0.39, 0.29) is 5.24 Å². The molecule has 0 fully saturated rings. The molecule has 0 unspecified atom stereocenters. The molecule has 0 radical (unpaired) electrons. The van der Waals surface area contributed by atoms with E-state index in [0.29, 0.717) is 12.3 Å². The maximum Gasteiger partial charge on any atom is 0.307 e. The number of thioether (sulfide) groups is 1. The van der Waals surface area contributed by atoms with Gasteiger partial charge in [0.25, 0.3) is 5.24 Å². The van der Waals surface area contributed by atoms with Gasteiger partial charge in [-0.2, -0.15) is 0 Å². The van der Waals surface area contributed by atoms with Crippen LogP contribution in [0, 0.1) is 5.92 Å². The summed E-state index contributed by atoms with van der Waals surface area (Å²) in [4.78, 5) is 21.2. The third-order valence-corrected chi connectivity index (χ3v) is 2.28. The molecular weight excluding hydrogens is 178 g/mol. The first-order valence-electron chi connectivity index (χ1n) is 3.71. The third-order valence-electron chi connectivity index (χ3n) is 1.21. The molecule has 0 saturated heterocycles. The SMILES string of the molecule is CCNC(=O)SC[C@@H](C)C(=O)O. The van der Waals surface area contributed by atoms with Crippen molar-refractivity contribution >= 4 is 23.0 Å². The highest BCUT2D eigenvalue weighted by molar-refractivity contribution is 8.13. The molecule has 0 aliphatic heterocycles. The zero-order valence-electron chi connectivity index (χ0n) is 7.16. The second-order valence-electron chi connectivity index (χ2n) is 2.37. The van der Waals surface area contributed by atoms with Crippen LogP contribution in [0.15, 0.2) is 0 Å². The molecule has 1 amide bonds. The van der Waals surface area contributed by atoms with E-state index >= 15 is 0 Å². The lowest BCUT2D eigenvalue weighted by Gasteiger charge is -2.04. The predicted octanol–water partition coefficient (Wildman–Crippen LogP) is 1.17. The molecule has 0 aromatic rings. The minimum Gasteiger partial charge on any atom is -0.481 e. The zero-order chi connectivity index (χ0) is 9.56. The third kappa shape index (κ3) is 5.01. The summed E-state index contributed by atoms with van der Waals surface area (Å²) < 4.78 is 0. The summed E-state index contributed by atoms with van der Waals surface area (Å²) in [5.41, 5.74) is 0. The number of rotatable bonds is 4. The van der Waals surface area contributed by atoms with Crippen molar-refractivity contribution in [1.29, 1.82) is 0 Å². The van der Waals surface area contributed by atoms with Crippen molar-refractivity contribution in [3.63, 3.8) is 0 Å². The second kappa shape index (κ2) is 5.88. The number of carboxylic acids is 1. The molecule has 0 saturated carbocycles. The minimum absolute atomic E-state index is 0.161. The largest absolute Gasteiger partial charge is 0.481 e. The molecule has 2 N–H and O–H groups in total. The van der Waals surface area contributed by atoms with E-state index in [4.69, 9.17) is 5.11 Å². The quantitative estimate of drug-likeness (QED) is 0.700. The average Bonchev–Trinajstić information content (AvgIpc) is 2.00. The Balaban J connectivity index is 3.54. The van der Waals surface area contributed by atoms with Gasteiger partial charge in [-0.15, -0.1) is 0 Å². The van der Waals surface area contributed by atoms with Gasteiger partial charge in [0.15, 0.2) is 0 Å². The van der Waals surface area contributed by atoms with Crippen molar-refractivity contribution in [2.75, 3.05) is 12.3 Å². The van der Waals surface area contributed by atoms with Gasteiger partial charge in [-0.1, -0.05) is 18.7 Å². The number of nitrogens with one attached hydrogen (secondary N) is 1. The van der Waals surface area contributed by atoms with Gasteiger partial charge in [0, 0.05) is 12.3 Å². The summed E-state index contributed by atoms with van der Waals surface area (Å²) >= 11 is 1.01. The summed E-state index contributed by atoms with van der Waals surface area (Å²) in [6.45, 7) is 3.97. The summed E-state index contributed by atoms with van der Waals surface area (Å²) in [7, 11) is 0. The first-order chi connectivity index (χ1) is 5.57. The van der Waals surface area contributed by atoms with Crippen LogP contribution in [0.4, 0.5) is 4.79 Å². The van der Waals surface area contributed by atoms with Crippen molar-refractivity contribution in [3.05, 3.63) is 0 Å². The van der Waals surface area contributed by atoms with Gasteiger partial charge in [0.1, 0.15) is 0 Å². The van der Waals surface area contributed by atoms with Gasteiger partial charge in [-0.05, 0) is 6.92 Å². The lowest BCUT2D eigenvalue weighted by Crippen LogP contribution is -2.20. The highest BCUT2D eigenvalue weighted by atomic mass is 32.2. The van der Waals surface area contributed by atoms with Crippen molar-refractivity contribution in [3.8, 4) is 0 Å². The molecule has 5 heteroatoms. The lowest BCUT2D eigenvalue weighted by atomic mass is 10.2. The van der Waals surface area contributed by atoms with Crippen LogP contribution in [0.3, 0.4) is 0 Å². The zero-order valence-corrected chi connectivity index (χ0v) is 7.98. The van der Waals surface area contributed by atoms with Crippen LogP contribution < -0.4 is 5.32 Å². The van der Waals surface area contributed by atoms with Crippen LogP contribution in [0.1, 0.15) is 13.8 Å². The maximum absolute atomic E-state index is 10.8. The second-order valence-corrected chi connectivity index (χ2v) is 3.36. The lowest BCUT2D eigenvalue weighted by molar-refractivity contribution is -0.140. The molecule has 0 heterocycles. The van der Waals surface area contributed by atoms with Gasteiger partial charge < -0.3 is 10.4 Å². The van der Waals surface area contributed by atoms with E-state index in [0.717, 1.165) is 11.8 Å². The first kappa shape index (κ1) is 11.3. The standard InChI is InChI=1S/C7H13NO3S/c1-3-8-7(11)12-4-5(2)6(9)10/h5H,3-4H2,1-2H3,(H,8,11)(H,9,10)/t5-/m1/s1. The smallest absolute Gasteiger partial charge is 0.307 e. The topological polar surface area (TPSA) is 66.4 Å². The Morgan fingerprint density at radius 3 is 2.58 bits per heavy atom. The first-order valence-corrected chi connectivity index (χ1v) is 4.70. The summed E-state index contributed by atoms with van der Waals surface area (Å²) in [5.74, 6) is -1.02. The fourth-order valence-corrected chi connectivity index (χ4v) is 1.26. The van der Waals surface area contributed by atoms with Crippen LogP contribution >= 0.6 is 11.8 Å². The number of amides is 1. The molecule has 12 heavy (non-hydrogen) atoms. The van der Waals surface area contributed by atoms with Crippen molar-refractivity contribution in [1.82, 2.24) is 5.32 Å². The summed E-state index contributed by atoms with van der Waals surface area (Å²) in [6.07, 6.45) is 0.